The highest BCUT2D eigenvalue weighted by atomic mass is 127. The van der Waals surface area contributed by atoms with Crippen LogP contribution in [0.5, 0.6) is 0 Å². The van der Waals surface area contributed by atoms with Gasteiger partial charge in [-0.2, -0.15) is 0 Å². The lowest BCUT2D eigenvalue weighted by molar-refractivity contribution is 0.0953. The molecule has 3 N–H and O–H groups in total. The molecule has 0 aliphatic carbocycles. The molecule has 0 aliphatic rings. The molecule has 0 saturated heterocycles. The molecule has 0 bridgehead atoms. The van der Waals surface area contributed by atoms with Crippen LogP contribution in [0.3, 0.4) is 0 Å². The minimum absolute atomic E-state index is 0. The van der Waals surface area contributed by atoms with Crippen LogP contribution in [0.1, 0.15) is 41.5 Å². The molecule has 0 aliphatic heterocycles. The molecule has 1 aromatic heterocycles. The molecule has 0 radical (unpaired) electrons. The number of fused-ring (bicyclic) bond motifs is 1. The van der Waals surface area contributed by atoms with Gasteiger partial charge in [0.15, 0.2) is 5.96 Å². The quantitative estimate of drug-likeness (QED) is 0.164. The van der Waals surface area contributed by atoms with Gasteiger partial charge in [-0.1, -0.05) is 31.2 Å². The van der Waals surface area contributed by atoms with Gasteiger partial charge in [-0.3, -0.25) is 9.79 Å². The Morgan fingerprint density at radius 2 is 1.88 bits per heavy atom. The average molecular weight is 548 g/mol. The van der Waals surface area contributed by atoms with Gasteiger partial charge in [-0.15, -0.1) is 24.0 Å². The maximum atomic E-state index is 12.2. The van der Waals surface area contributed by atoms with Gasteiger partial charge in [0, 0.05) is 38.8 Å². The normalized spacial score (nSPS) is 11.2. The summed E-state index contributed by atoms with van der Waals surface area (Å²) in [6, 6.07) is 15.9. The van der Waals surface area contributed by atoms with Crippen molar-refractivity contribution in [3.8, 4) is 0 Å². The van der Waals surface area contributed by atoms with E-state index in [1.807, 2.05) is 56.3 Å². The monoisotopic (exact) mass is 548 g/mol. The number of hydrogen-bond donors (Lipinski definition) is 3. The van der Waals surface area contributed by atoms with E-state index < -0.39 is 0 Å². The van der Waals surface area contributed by atoms with Crippen molar-refractivity contribution in [3.05, 3.63) is 65.5 Å². The molecule has 7 nitrogen and oxygen atoms in total. The van der Waals surface area contributed by atoms with Gasteiger partial charge in [0.05, 0.1) is 11.0 Å². The zero-order chi connectivity index (χ0) is 22.1. The molecule has 3 aromatic rings. The third-order valence-electron chi connectivity index (χ3n) is 5.10. The van der Waals surface area contributed by atoms with Crippen molar-refractivity contribution in [2.75, 3.05) is 20.1 Å². The highest BCUT2D eigenvalue weighted by molar-refractivity contribution is 14.0. The Morgan fingerprint density at radius 3 is 2.66 bits per heavy atom. The molecule has 0 fully saturated rings. The van der Waals surface area contributed by atoms with E-state index in [1.165, 1.54) is 5.52 Å². The van der Waals surface area contributed by atoms with Crippen molar-refractivity contribution >= 4 is 46.9 Å². The molecule has 0 unspecified atom stereocenters. The lowest BCUT2D eigenvalue weighted by Gasteiger charge is -2.13. The first kappa shape index (κ1) is 25.6. The summed E-state index contributed by atoms with van der Waals surface area (Å²) < 4.78 is 2.25. The number of halogens is 1. The molecule has 0 spiro atoms. The van der Waals surface area contributed by atoms with E-state index in [0.29, 0.717) is 18.7 Å². The molecule has 32 heavy (non-hydrogen) atoms. The molecule has 1 amide bonds. The number of imidazole rings is 1. The highest BCUT2D eigenvalue weighted by Gasteiger charge is 2.07. The number of carbonyl (C=O) groups is 1. The SMILES string of the molecule is CCCNC(=O)c1cccc(CNC(=NC)NCCCn2c(C)nc3ccccc32)c1.I. The molecule has 0 atom stereocenters. The molecule has 3 rings (SSSR count). The number of guanidine groups is 1. The smallest absolute Gasteiger partial charge is 0.251 e. The number of carbonyl (C=O) groups excluding carboxylic acids is 1. The van der Waals surface area contributed by atoms with E-state index in [1.54, 1.807) is 7.05 Å². The molecule has 8 heteroatoms. The zero-order valence-corrected chi connectivity index (χ0v) is 21.3. The van der Waals surface area contributed by atoms with E-state index in [9.17, 15) is 4.79 Å². The average Bonchev–Trinajstić information content (AvgIpc) is 3.12. The standard InChI is InChI=1S/C24H32N6O.HI/c1-4-13-26-23(31)20-10-7-9-19(16-20)17-28-24(25-3)27-14-8-15-30-18(2)29-21-11-5-6-12-22(21)30;/h5-7,9-12,16H,4,8,13-15,17H2,1-3H3,(H,26,31)(H2,25,27,28);1H. The summed E-state index contributed by atoms with van der Waals surface area (Å²) in [6.07, 6.45) is 1.88. The molecule has 1 heterocycles. The first-order valence-electron chi connectivity index (χ1n) is 10.9. The largest absolute Gasteiger partial charge is 0.356 e. The second-order valence-corrected chi connectivity index (χ2v) is 7.46. The predicted octanol–water partition coefficient (Wildman–Crippen LogP) is 3.86. The molecular weight excluding hydrogens is 515 g/mol. The summed E-state index contributed by atoms with van der Waals surface area (Å²) in [5, 5.41) is 9.59. The van der Waals surface area contributed by atoms with Crippen LogP contribution in [-0.2, 0) is 13.1 Å². The Kier molecular flexibility index (Phi) is 10.5. The van der Waals surface area contributed by atoms with Crippen molar-refractivity contribution in [1.82, 2.24) is 25.5 Å². The molecular formula is C24H33IN6O. The Bertz CT molecular complexity index is 1050. The molecule has 172 valence electrons. The van der Waals surface area contributed by atoms with Crippen LogP contribution in [-0.4, -0.2) is 41.6 Å². The fraction of sp³-hybridized carbons (Fsp3) is 0.375. The number of hydrogen-bond acceptors (Lipinski definition) is 3. The van der Waals surface area contributed by atoms with E-state index in [4.69, 9.17) is 0 Å². The minimum atomic E-state index is -0.0338. The summed E-state index contributed by atoms with van der Waals surface area (Å²) >= 11 is 0. The van der Waals surface area contributed by atoms with Crippen molar-refractivity contribution < 1.29 is 4.79 Å². The van der Waals surface area contributed by atoms with Crippen LogP contribution in [0.15, 0.2) is 53.5 Å². The number of rotatable bonds is 9. The van der Waals surface area contributed by atoms with Crippen molar-refractivity contribution in [2.24, 2.45) is 4.99 Å². The molecule has 2 aromatic carbocycles. The van der Waals surface area contributed by atoms with E-state index in [0.717, 1.165) is 48.8 Å². The van der Waals surface area contributed by atoms with Gasteiger partial charge in [-0.25, -0.2) is 4.98 Å². The number of amides is 1. The van der Waals surface area contributed by atoms with Crippen LogP contribution in [0.2, 0.25) is 0 Å². The van der Waals surface area contributed by atoms with Crippen LogP contribution < -0.4 is 16.0 Å². The van der Waals surface area contributed by atoms with Gasteiger partial charge < -0.3 is 20.5 Å². The van der Waals surface area contributed by atoms with Crippen molar-refractivity contribution in [2.45, 2.75) is 39.8 Å². The van der Waals surface area contributed by atoms with Gasteiger partial charge in [0.2, 0.25) is 0 Å². The summed E-state index contributed by atoms with van der Waals surface area (Å²) in [5.74, 6) is 1.74. The van der Waals surface area contributed by atoms with Gasteiger partial charge in [0.1, 0.15) is 5.82 Å². The van der Waals surface area contributed by atoms with Gasteiger partial charge >= 0.3 is 0 Å². The maximum absolute atomic E-state index is 12.2. The van der Waals surface area contributed by atoms with Crippen molar-refractivity contribution in [1.29, 1.82) is 0 Å². The maximum Gasteiger partial charge on any atom is 0.251 e. The topological polar surface area (TPSA) is 83.3 Å². The van der Waals surface area contributed by atoms with Crippen LogP contribution >= 0.6 is 24.0 Å². The Labute approximate surface area is 207 Å². The number of aliphatic imine (C=N–C) groups is 1. The lowest BCUT2D eigenvalue weighted by Crippen LogP contribution is -2.37. The van der Waals surface area contributed by atoms with Crippen molar-refractivity contribution in [3.63, 3.8) is 0 Å². The van der Waals surface area contributed by atoms with E-state index in [2.05, 4.69) is 36.6 Å². The number of para-hydroxylation sites is 2. The summed E-state index contributed by atoms with van der Waals surface area (Å²) in [7, 11) is 1.76. The second kappa shape index (κ2) is 13.0. The number of aromatic nitrogens is 2. The third-order valence-corrected chi connectivity index (χ3v) is 5.10. The third kappa shape index (κ3) is 6.94. The highest BCUT2D eigenvalue weighted by Crippen LogP contribution is 2.15. The second-order valence-electron chi connectivity index (χ2n) is 7.46. The fourth-order valence-corrected chi connectivity index (χ4v) is 3.49. The molecule has 0 saturated carbocycles. The number of benzene rings is 2. The minimum Gasteiger partial charge on any atom is -0.356 e. The number of nitrogens with one attached hydrogen (secondary N) is 3. The zero-order valence-electron chi connectivity index (χ0n) is 19.0. The number of nitrogens with zero attached hydrogens (tertiary/aromatic N) is 3. The Morgan fingerprint density at radius 1 is 1.06 bits per heavy atom. The predicted molar refractivity (Wildman–Crippen MR) is 142 cm³/mol. The van der Waals surface area contributed by atoms with Crippen LogP contribution in [0, 0.1) is 6.92 Å². The van der Waals surface area contributed by atoms with Gasteiger partial charge in [0.25, 0.3) is 5.91 Å². The van der Waals surface area contributed by atoms with E-state index >= 15 is 0 Å². The fourth-order valence-electron chi connectivity index (χ4n) is 3.49. The summed E-state index contributed by atoms with van der Waals surface area (Å²) in [4.78, 5) is 21.1. The number of aryl methyl sites for hydroxylation is 2. The van der Waals surface area contributed by atoms with Crippen LogP contribution in [0.4, 0.5) is 0 Å². The Hall–Kier alpha value is -2.62. The van der Waals surface area contributed by atoms with Gasteiger partial charge in [-0.05, 0) is 49.6 Å². The first-order chi connectivity index (χ1) is 15.1. The Balaban J connectivity index is 0.00000363. The summed E-state index contributed by atoms with van der Waals surface area (Å²) in [5.41, 5.74) is 3.92. The summed E-state index contributed by atoms with van der Waals surface area (Å²) in [6.45, 7) is 7.06. The van der Waals surface area contributed by atoms with Crippen LogP contribution in [0.25, 0.3) is 11.0 Å². The lowest BCUT2D eigenvalue weighted by atomic mass is 10.1. The van der Waals surface area contributed by atoms with E-state index in [-0.39, 0.29) is 29.9 Å². The first-order valence-corrected chi connectivity index (χ1v) is 10.9.